The van der Waals surface area contributed by atoms with Crippen LogP contribution in [0.3, 0.4) is 0 Å². The van der Waals surface area contributed by atoms with Crippen molar-refractivity contribution < 1.29 is 13.0 Å². The van der Waals surface area contributed by atoms with E-state index in [1.165, 1.54) is 16.7 Å². The average molecular weight is 318 g/mol. The second-order valence-corrected chi connectivity index (χ2v) is 7.53. The smallest absolute Gasteiger partial charge is 0.267 e. The van der Waals surface area contributed by atoms with Crippen molar-refractivity contribution in [3.8, 4) is 0 Å². The van der Waals surface area contributed by atoms with Crippen LogP contribution in [-0.2, 0) is 23.0 Å². The normalized spacial score (nSPS) is 13.0. The lowest BCUT2D eigenvalue weighted by Crippen LogP contribution is -2.16. The molecule has 1 N–H and O–H groups in total. The van der Waals surface area contributed by atoms with E-state index in [1.807, 2.05) is 24.3 Å². The third-order valence-electron chi connectivity index (χ3n) is 3.83. The van der Waals surface area contributed by atoms with E-state index >= 15 is 0 Å². The van der Waals surface area contributed by atoms with Crippen molar-refractivity contribution in [1.82, 2.24) is 0 Å². The van der Waals surface area contributed by atoms with Crippen LogP contribution in [0.2, 0.25) is 0 Å². The minimum absolute atomic E-state index is 0.474. The van der Waals surface area contributed by atoms with E-state index in [2.05, 4.69) is 30.3 Å². The van der Waals surface area contributed by atoms with Crippen molar-refractivity contribution in [2.45, 2.75) is 37.9 Å². The number of hydrogen-bond acceptors (Lipinski definition) is 2. The molecule has 2 rings (SSSR count). The fraction of sp³-hybridized carbons (Fsp3) is 0.333. The highest BCUT2D eigenvalue weighted by Gasteiger charge is 2.16. The molecule has 22 heavy (non-hydrogen) atoms. The Morgan fingerprint density at radius 2 is 1.59 bits per heavy atom. The standard InChI is InChI=1S/C18H22O3S/c1-15(22(19,20)21)7-5-10-17-11-6-12-18(14-17)13-16-8-3-2-4-9-16/h2-4,6,8-9,11-12,14-15H,5,7,10,13H2,1H3,(H,19,20,21). The molecule has 0 saturated carbocycles. The molecule has 0 amide bonds. The van der Waals surface area contributed by atoms with Crippen molar-refractivity contribution in [3.63, 3.8) is 0 Å². The lowest BCUT2D eigenvalue weighted by molar-refractivity contribution is 0.464. The van der Waals surface area contributed by atoms with E-state index < -0.39 is 15.4 Å². The van der Waals surface area contributed by atoms with E-state index in [-0.39, 0.29) is 0 Å². The largest absolute Gasteiger partial charge is 0.285 e. The van der Waals surface area contributed by atoms with E-state index in [0.717, 1.165) is 19.3 Å². The zero-order chi connectivity index (χ0) is 16.0. The van der Waals surface area contributed by atoms with Crippen molar-refractivity contribution in [2.24, 2.45) is 0 Å². The van der Waals surface area contributed by atoms with Gasteiger partial charge in [0, 0.05) is 0 Å². The molecule has 0 bridgehead atoms. The molecule has 0 spiro atoms. The van der Waals surface area contributed by atoms with Crippen LogP contribution >= 0.6 is 0 Å². The van der Waals surface area contributed by atoms with E-state index in [4.69, 9.17) is 4.55 Å². The summed E-state index contributed by atoms with van der Waals surface area (Å²) in [4.78, 5) is 0. The maximum Gasteiger partial charge on any atom is 0.267 e. The van der Waals surface area contributed by atoms with Gasteiger partial charge in [0.2, 0.25) is 0 Å². The van der Waals surface area contributed by atoms with Gasteiger partial charge in [-0.1, -0.05) is 54.6 Å². The van der Waals surface area contributed by atoms with Gasteiger partial charge in [-0.3, -0.25) is 4.55 Å². The topological polar surface area (TPSA) is 54.4 Å². The van der Waals surface area contributed by atoms with Crippen LogP contribution in [-0.4, -0.2) is 18.2 Å². The summed E-state index contributed by atoms with van der Waals surface area (Å²) in [5.41, 5.74) is 3.74. The Morgan fingerprint density at radius 3 is 2.27 bits per heavy atom. The maximum atomic E-state index is 11.0. The van der Waals surface area contributed by atoms with Gasteiger partial charge in [-0.25, -0.2) is 0 Å². The predicted octanol–water partition coefficient (Wildman–Crippen LogP) is 3.88. The van der Waals surface area contributed by atoms with Gasteiger partial charge >= 0.3 is 0 Å². The lowest BCUT2D eigenvalue weighted by Gasteiger charge is -2.09. The van der Waals surface area contributed by atoms with Crippen molar-refractivity contribution >= 4 is 10.1 Å². The summed E-state index contributed by atoms with van der Waals surface area (Å²) in [6.07, 6.45) is 2.94. The maximum absolute atomic E-state index is 11.0. The number of benzene rings is 2. The molecule has 118 valence electrons. The highest BCUT2D eigenvalue weighted by atomic mass is 32.2. The second-order valence-electron chi connectivity index (χ2n) is 5.70. The first-order valence-electron chi connectivity index (χ1n) is 7.53. The van der Waals surface area contributed by atoms with Gasteiger partial charge in [-0.15, -0.1) is 0 Å². The molecule has 0 aliphatic carbocycles. The van der Waals surface area contributed by atoms with Gasteiger partial charge in [0.15, 0.2) is 0 Å². The summed E-state index contributed by atoms with van der Waals surface area (Å²) in [7, 11) is -3.91. The average Bonchev–Trinajstić information content (AvgIpc) is 2.47. The molecule has 0 heterocycles. The molecule has 1 unspecified atom stereocenters. The molecular weight excluding hydrogens is 296 g/mol. The Hall–Kier alpha value is -1.65. The molecule has 0 aliphatic heterocycles. The third kappa shape index (κ3) is 5.28. The van der Waals surface area contributed by atoms with E-state index in [9.17, 15) is 8.42 Å². The molecule has 1 atom stereocenters. The summed E-state index contributed by atoms with van der Waals surface area (Å²) < 4.78 is 30.9. The highest BCUT2D eigenvalue weighted by Crippen LogP contribution is 2.15. The third-order valence-corrected chi connectivity index (χ3v) is 5.08. The summed E-state index contributed by atoms with van der Waals surface area (Å²) >= 11 is 0. The molecule has 3 nitrogen and oxygen atoms in total. The SMILES string of the molecule is CC(CCCc1cccc(Cc2ccccc2)c1)S(=O)(=O)O. The van der Waals surface area contributed by atoms with Crippen LogP contribution in [0.4, 0.5) is 0 Å². The first kappa shape index (κ1) is 16.7. The first-order chi connectivity index (χ1) is 10.4. The van der Waals surface area contributed by atoms with Crippen molar-refractivity contribution in [1.29, 1.82) is 0 Å². The Morgan fingerprint density at radius 1 is 0.955 bits per heavy atom. The molecule has 0 saturated heterocycles. The summed E-state index contributed by atoms with van der Waals surface area (Å²) in [6.45, 7) is 1.54. The van der Waals surface area contributed by atoms with Crippen LogP contribution in [0.1, 0.15) is 36.5 Å². The van der Waals surface area contributed by atoms with Crippen LogP contribution in [0, 0.1) is 0 Å². The number of hydrogen-bond donors (Lipinski definition) is 1. The predicted molar refractivity (Wildman–Crippen MR) is 89.6 cm³/mol. The Balaban J connectivity index is 1.92. The molecular formula is C18H22O3S. The first-order valence-corrected chi connectivity index (χ1v) is 9.03. The highest BCUT2D eigenvalue weighted by molar-refractivity contribution is 7.86. The molecule has 0 fully saturated rings. The number of aryl methyl sites for hydroxylation is 1. The van der Waals surface area contributed by atoms with Crippen LogP contribution in [0.15, 0.2) is 54.6 Å². The van der Waals surface area contributed by atoms with Crippen LogP contribution in [0.5, 0.6) is 0 Å². The molecule has 0 radical (unpaired) electrons. The summed E-state index contributed by atoms with van der Waals surface area (Å²) in [5, 5.41) is -0.694. The number of rotatable bonds is 7. The van der Waals surface area contributed by atoms with Gasteiger partial charge in [-0.05, 0) is 49.3 Å². The molecule has 2 aromatic rings. The van der Waals surface area contributed by atoms with Crippen LogP contribution < -0.4 is 0 Å². The zero-order valence-electron chi connectivity index (χ0n) is 12.8. The minimum Gasteiger partial charge on any atom is -0.285 e. The van der Waals surface area contributed by atoms with Crippen LogP contribution in [0.25, 0.3) is 0 Å². The van der Waals surface area contributed by atoms with Gasteiger partial charge in [-0.2, -0.15) is 8.42 Å². The van der Waals surface area contributed by atoms with Gasteiger partial charge in [0.05, 0.1) is 5.25 Å². The summed E-state index contributed by atoms with van der Waals surface area (Å²) in [6, 6.07) is 18.7. The molecule has 0 aromatic heterocycles. The Kier molecular flexibility index (Phi) is 5.75. The summed E-state index contributed by atoms with van der Waals surface area (Å²) in [5.74, 6) is 0. The molecule has 4 heteroatoms. The second kappa shape index (κ2) is 7.56. The quantitative estimate of drug-likeness (QED) is 0.788. The fourth-order valence-corrected chi connectivity index (χ4v) is 2.93. The fourth-order valence-electron chi connectivity index (χ4n) is 2.47. The lowest BCUT2D eigenvalue weighted by atomic mass is 10.0. The van der Waals surface area contributed by atoms with Gasteiger partial charge in [0.1, 0.15) is 0 Å². The van der Waals surface area contributed by atoms with Gasteiger partial charge < -0.3 is 0 Å². The minimum atomic E-state index is -3.91. The zero-order valence-corrected chi connectivity index (χ0v) is 13.6. The Bertz CT molecular complexity index is 693. The monoisotopic (exact) mass is 318 g/mol. The molecule has 0 aliphatic rings. The Labute approximate surface area is 132 Å². The van der Waals surface area contributed by atoms with Crippen molar-refractivity contribution in [3.05, 3.63) is 71.3 Å². The van der Waals surface area contributed by atoms with Gasteiger partial charge in [0.25, 0.3) is 10.1 Å². The van der Waals surface area contributed by atoms with E-state index in [0.29, 0.717) is 6.42 Å². The van der Waals surface area contributed by atoms with Crippen molar-refractivity contribution in [2.75, 3.05) is 0 Å². The van der Waals surface area contributed by atoms with E-state index in [1.54, 1.807) is 6.92 Å². The molecule has 2 aromatic carbocycles.